The van der Waals surface area contributed by atoms with Gasteiger partial charge in [-0.25, -0.2) is 0 Å². The summed E-state index contributed by atoms with van der Waals surface area (Å²) in [4.78, 5) is 0. The third-order valence-corrected chi connectivity index (χ3v) is 2.97. The van der Waals surface area contributed by atoms with Gasteiger partial charge in [-0.3, -0.25) is 0 Å². The van der Waals surface area contributed by atoms with Crippen LogP contribution in [0.4, 0.5) is 0 Å². The third kappa shape index (κ3) is 0.891. The summed E-state index contributed by atoms with van der Waals surface area (Å²) in [7, 11) is 0. The highest BCUT2D eigenvalue weighted by Gasteiger charge is 2.34. The summed E-state index contributed by atoms with van der Waals surface area (Å²) in [6, 6.07) is 0. The molecule has 1 fully saturated rings. The average molecular weight is 146 g/mol. The van der Waals surface area contributed by atoms with Crippen LogP contribution in [0.25, 0.3) is 0 Å². The normalized spacial score (nSPS) is 37.9. The van der Waals surface area contributed by atoms with Gasteiger partial charge < -0.3 is 0 Å². The van der Waals surface area contributed by atoms with E-state index in [1.807, 2.05) is 6.08 Å². The molecule has 11 heavy (non-hydrogen) atoms. The molecule has 0 aromatic rings. The van der Waals surface area contributed by atoms with Gasteiger partial charge in [0.1, 0.15) is 0 Å². The van der Waals surface area contributed by atoms with Crippen molar-refractivity contribution in [3.63, 3.8) is 0 Å². The first-order chi connectivity index (χ1) is 5.35. The second kappa shape index (κ2) is 2.37. The van der Waals surface area contributed by atoms with Crippen molar-refractivity contribution in [1.82, 2.24) is 0 Å². The topological polar surface area (TPSA) is 0 Å². The molecule has 2 aliphatic rings. The van der Waals surface area contributed by atoms with Crippen LogP contribution >= 0.6 is 0 Å². The molecule has 2 atom stereocenters. The largest absolute Gasteiger partial charge is 0.0988 e. The van der Waals surface area contributed by atoms with Crippen LogP contribution in [0.5, 0.6) is 0 Å². The van der Waals surface area contributed by atoms with Crippen LogP contribution in [-0.2, 0) is 0 Å². The van der Waals surface area contributed by atoms with Gasteiger partial charge in [0, 0.05) is 0 Å². The lowest BCUT2D eigenvalue weighted by molar-refractivity contribution is 0.674. The number of rotatable bonds is 1. The molecule has 1 saturated carbocycles. The van der Waals surface area contributed by atoms with E-state index in [0.29, 0.717) is 0 Å². The Morgan fingerprint density at radius 3 is 2.91 bits per heavy atom. The Kier molecular flexibility index (Phi) is 1.49. The SMILES string of the molecule is C=CC1=CC2CC1CC2=CC. The zero-order valence-corrected chi connectivity index (χ0v) is 7.01. The Morgan fingerprint density at radius 2 is 2.45 bits per heavy atom. The van der Waals surface area contributed by atoms with Crippen molar-refractivity contribution in [3.05, 3.63) is 36.0 Å². The van der Waals surface area contributed by atoms with Gasteiger partial charge >= 0.3 is 0 Å². The summed E-state index contributed by atoms with van der Waals surface area (Å²) in [5.41, 5.74) is 3.13. The standard InChI is InChI=1S/C11H14/c1-3-8-5-11-7-10(8)6-9(11)4-2/h3-5,10-11H,1,6-7H2,2H3. The lowest BCUT2D eigenvalue weighted by Crippen LogP contribution is -1.96. The van der Waals surface area contributed by atoms with E-state index in [4.69, 9.17) is 0 Å². The molecule has 0 aromatic heterocycles. The van der Waals surface area contributed by atoms with E-state index >= 15 is 0 Å². The van der Waals surface area contributed by atoms with Crippen LogP contribution in [0.3, 0.4) is 0 Å². The lowest BCUT2D eigenvalue weighted by Gasteiger charge is -2.11. The van der Waals surface area contributed by atoms with Crippen molar-refractivity contribution >= 4 is 0 Å². The minimum Gasteiger partial charge on any atom is -0.0988 e. The van der Waals surface area contributed by atoms with Crippen LogP contribution in [0.15, 0.2) is 36.0 Å². The van der Waals surface area contributed by atoms with Crippen molar-refractivity contribution in [1.29, 1.82) is 0 Å². The third-order valence-electron chi connectivity index (χ3n) is 2.97. The number of hydrogen-bond acceptors (Lipinski definition) is 0. The Hall–Kier alpha value is -0.780. The quantitative estimate of drug-likeness (QED) is 0.499. The zero-order chi connectivity index (χ0) is 7.84. The number of hydrogen-bond donors (Lipinski definition) is 0. The molecule has 2 bridgehead atoms. The highest BCUT2D eigenvalue weighted by atomic mass is 14.4. The van der Waals surface area contributed by atoms with Crippen LogP contribution in [0.1, 0.15) is 19.8 Å². The first kappa shape index (κ1) is 6.90. The van der Waals surface area contributed by atoms with Gasteiger partial charge in [0.05, 0.1) is 0 Å². The summed E-state index contributed by atoms with van der Waals surface area (Å²) < 4.78 is 0. The van der Waals surface area contributed by atoms with E-state index in [2.05, 4.69) is 25.7 Å². The maximum atomic E-state index is 3.82. The molecular formula is C11H14. The number of allylic oxidation sites excluding steroid dienone is 5. The molecule has 0 heterocycles. The lowest BCUT2D eigenvalue weighted by atomic mass is 9.95. The van der Waals surface area contributed by atoms with Gasteiger partial charge in [0.25, 0.3) is 0 Å². The van der Waals surface area contributed by atoms with Crippen molar-refractivity contribution in [2.24, 2.45) is 11.8 Å². The van der Waals surface area contributed by atoms with Gasteiger partial charge in [0.2, 0.25) is 0 Å². The van der Waals surface area contributed by atoms with Crippen LogP contribution in [0.2, 0.25) is 0 Å². The summed E-state index contributed by atoms with van der Waals surface area (Å²) in [6.45, 7) is 5.97. The Labute approximate surface area is 68.3 Å². The molecule has 0 N–H and O–H groups in total. The summed E-state index contributed by atoms with van der Waals surface area (Å²) >= 11 is 0. The fourth-order valence-electron chi connectivity index (χ4n) is 2.34. The van der Waals surface area contributed by atoms with Crippen molar-refractivity contribution in [2.45, 2.75) is 19.8 Å². The first-order valence-corrected chi connectivity index (χ1v) is 4.34. The van der Waals surface area contributed by atoms with Crippen molar-refractivity contribution < 1.29 is 0 Å². The van der Waals surface area contributed by atoms with E-state index < -0.39 is 0 Å². The van der Waals surface area contributed by atoms with Gasteiger partial charge in [-0.1, -0.05) is 30.4 Å². The van der Waals surface area contributed by atoms with Crippen molar-refractivity contribution in [2.75, 3.05) is 0 Å². The maximum absolute atomic E-state index is 3.82. The summed E-state index contributed by atoms with van der Waals surface area (Å²) in [5.74, 6) is 1.57. The minimum atomic E-state index is 0.762. The molecule has 0 nitrogen and oxygen atoms in total. The Morgan fingerprint density at radius 1 is 1.64 bits per heavy atom. The molecule has 58 valence electrons. The van der Waals surface area contributed by atoms with E-state index in [9.17, 15) is 0 Å². The smallest absolute Gasteiger partial charge is 0.00113 e. The minimum absolute atomic E-state index is 0.762. The van der Waals surface area contributed by atoms with Gasteiger partial charge in [-0.05, 0) is 37.2 Å². The molecule has 0 aromatic carbocycles. The molecular weight excluding hydrogens is 132 g/mol. The second-order valence-corrected chi connectivity index (χ2v) is 3.48. The predicted octanol–water partition coefficient (Wildman–Crippen LogP) is 3.08. The molecule has 2 rings (SSSR count). The van der Waals surface area contributed by atoms with Crippen molar-refractivity contribution in [3.8, 4) is 0 Å². The van der Waals surface area contributed by atoms with Crippen LogP contribution in [0, 0.1) is 11.8 Å². The Bertz CT molecular complexity index is 243. The van der Waals surface area contributed by atoms with E-state index in [1.165, 1.54) is 18.4 Å². The Balaban J connectivity index is 2.29. The maximum Gasteiger partial charge on any atom is -0.00113 e. The van der Waals surface area contributed by atoms with Gasteiger partial charge in [-0.15, -0.1) is 0 Å². The average Bonchev–Trinajstić information content (AvgIpc) is 2.60. The fourth-order valence-corrected chi connectivity index (χ4v) is 2.34. The second-order valence-electron chi connectivity index (χ2n) is 3.48. The van der Waals surface area contributed by atoms with Crippen LogP contribution < -0.4 is 0 Å². The fraction of sp³-hybridized carbons (Fsp3) is 0.455. The highest BCUT2D eigenvalue weighted by molar-refractivity contribution is 5.37. The molecule has 0 radical (unpaired) electrons. The number of fused-ring (bicyclic) bond motifs is 2. The first-order valence-electron chi connectivity index (χ1n) is 4.34. The predicted molar refractivity (Wildman–Crippen MR) is 48.3 cm³/mol. The zero-order valence-electron chi connectivity index (χ0n) is 7.01. The highest BCUT2D eigenvalue weighted by Crippen LogP contribution is 2.47. The molecule has 0 spiro atoms. The van der Waals surface area contributed by atoms with Gasteiger partial charge in [0.15, 0.2) is 0 Å². The monoisotopic (exact) mass is 146 g/mol. The van der Waals surface area contributed by atoms with E-state index in [-0.39, 0.29) is 0 Å². The molecule has 2 unspecified atom stereocenters. The summed E-state index contributed by atoms with van der Waals surface area (Å²) in [5, 5.41) is 0. The van der Waals surface area contributed by atoms with Crippen LogP contribution in [-0.4, -0.2) is 0 Å². The van der Waals surface area contributed by atoms with E-state index in [1.54, 1.807) is 5.57 Å². The molecule has 0 aliphatic heterocycles. The molecule has 0 amide bonds. The molecule has 0 heteroatoms. The van der Waals surface area contributed by atoms with E-state index in [0.717, 1.165) is 11.8 Å². The summed E-state index contributed by atoms with van der Waals surface area (Å²) in [6.07, 6.45) is 9.33. The van der Waals surface area contributed by atoms with Gasteiger partial charge in [-0.2, -0.15) is 0 Å². The molecule has 0 saturated heterocycles. The molecule has 2 aliphatic carbocycles.